The number of pyridine rings is 1. The molecule has 5 nitrogen and oxygen atoms in total. The van der Waals surface area contributed by atoms with Gasteiger partial charge >= 0.3 is 5.97 Å². The molecule has 19 heavy (non-hydrogen) atoms. The number of nitrogens with zero attached hydrogens (tertiary/aromatic N) is 2. The lowest BCUT2D eigenvalue weighted by Crippen LogP contribution is -2.61. The Morgan fingerprint density at radius 2 is 2.42 bits per heavy atom. The second kappa shape index (κ2) is 5.67. The van der Waals surface area contributed by atoms with E-state index in [1.165, 1.54) is 0 Å². The summed E-state index contributed by atoms with van der Waals surface area (Å²) in [6.45, 7) is 6.69. The number of carboxylic acids is 1. The molecule has 1 aromatic heterocycles. The van der Waals surface area contributed by atoms with E-state index in [1.807, 2.05) is 12.3 Å². The molecule has 1 aliphatic rings. The van der Waals surface area contributed by atoms with Crippen molar-refractivity contribution in [3.05, 3.63) is 30.1 Å². The maximum atomic E-state index is 10.8. The second-order valence-electron chi connectivity index (χ2n) is 5.73. The van der Waals surface area contributed by atoms with Gasteiger partial charge in [0.05, 0.1) is 6.42 Å². The number of hydrogen-bond donors (Lipinski definition) is 2. The molecular formula is C14H21N3O2. The third-order valence-electron chi connectivity index (χ3n) is 3.64. The van der Waals surface area contributed by atoms with Crippen LogP contribution in [0.3, 0.4) is 0 Å². The van der Waals surface area contributed by atoms with Crippen LogP contribution in [0, 0.1) is 0 Å². The lowest BCUT2D eigenvalue weighted by molar-refractivity contribution is -0.138. The van der Waals surface area contributed by atoms with Crippen molar-refractivity contribution < 1.29 is 9.90 Å². The first-order chi connectivity index (χ1) is 8.97. The number of piperazine rings is 1. The highest BCUT2D eigenvalue weighted by atomic mass is 16.4. The Hall–Kier alpha value is -1.46. The molecule has 104 valence electrons. The molecule has 0 radical (unpaired) electrons. The Balaban J connectivity index is 2.04. The van der Waals surface area contributed by atoms with Crippen LogP contribution in [-0.2, 0) is 11.3 Å². The highest BCUT2D eigenvalue weighted by molar-refractivity contribution is 5.67. The summed E-state index contributed by atoms with van der Waals surface area (Å²) in [5.41, 5.74) is 1.18. The fraction of sp³-hybridized carbons (Fsp3) is 0.571. The van der Waals surface area contributed by atoms with Crippen molar-refractivity contribution in [3.63, 3.8) is 0 Å². The molecule has 2 N–H and O–H groups in total. The predicted octanol–water partition coefficient (Wildman–Crippen LogP) is 1.11. The number of carbonyl (C=O) groups is 1. The minimum Gasteiger partial charge on any atom is -0.481 e. The summed E-state index contributed by atoms with van der Waals surface area (Å²) in [4.78, 5) is 17.3. The van der Waals surface area contributed by atoms with E-state index in [0.29, 0.717) is 0 Å². The van der Waals surface area contributed by atoms with Gasteiger partial charge in [-0.2, -0.15) is 0 Å². The Kier molecular flexibility index (Phi) is 4.17. The summed E-state index contributed by atoms with van der Waals surface area (Å²) in [6.07, 6.45) is 3.80. The average Bonchev–Trinajstić information content (AvgIpc) is 2.34. The van der Waals surface area contributed by atoms with E-state index in [-0.39, 0.29) is 18.0 Å². The number of nitrogens with one attached hydrogen (secondary N) is 1. The molecule has 2 rings (SSSR count). The molecule has 5 heteroatoms. The molecule has 1 aromatic rings. The van der Waals surface area contributed by atoms with Crippen LogP contribution in [0.5, 0.6) is 0 Å². The van der Waals surface area contributed by atoms with E-state index in [4.69, 9.17) is 5.11 Å². The van der Waals surface area contributed by atoms with Crippen LogP contribution in [0.25, 0.3) is 0 Å². The lowest BCUT2D eigenvalue weighted by atomic mass is 9.95. The van der Waals surface area contributed by atoms with Crippen LogP contribution < -0.4 is 5.32 Å². The van der Waals surface area contributed by atoms with Crippen LogP contribution in [-0.4, -0.2) is 45.6 Å². The molecule has 2 heterocycles. The molecule has 1 atom stereocenters. The van der Waals surface area contributed by atoms with Gasteiger partial charge in [-0.05, 0) is 25.5 Å². The number of hydrogen-bond acceptors (Lipinski definition) is 4. The van der Waals surface area contributed by atoms with Gasteiger partial charge in [-0.15, -0.1) is 0 Å². The van der Waals surface area contributed by atoms with Crippen molar-refractivity contribution in [1.82, 2.24) is 15.2 Å². The zero-order valence-electron chi connectivity index (χ0n) is 11.5. The van der Waals surface area contributed by atoms with E-state index < -0.39 is 5.97 Å². The SMILES string of the molecule is CC1(C)CNC(CC(=O)O)CN1Cc1cccnc1. The fourth-order valence-electron chi connectivity index (χ4n) is 2.42. The Morgan fingerprint density at radius 1 is 1.63 bits per heavy atom. The van der Waals surface area contributed by atoms with E-state index in [2.05, 4.69) is 35.1 Å². The molecule has 1 fully saturated rings. The first-order valence-corrected chi connectivity index (χ1v) is 6.56. The predicted molar refractivity (Wildman–Crippen MR) is 72.8 cm³/mol. The van der Waals surface area contributed by atoms with Gasteiger partial charge in [0.2, 0.25) is 0 Å². The van der Waals surface area contributed by atoms with E-state index >= 15 is 0 Å². The van der Waals surface area contributed by atoms with Gasteiger partial charge in [0.15, 0.2) is 0 Å². The van der Waals surface area contributed by atoms with Crippen LogP contribution in [0.1, 0.15) is 25.8 Å². The highest BCUT2D eigenvalue weighted by Crippen LogP contribution is 2.22. The summed E-state index contributed by atoms with van der Waals surface area (Å²) in [6, 6.07) is 4.00. The molecule has 0 saturated carbocycles. The molecule has 0 amide bonds. The minimum absolute atomic E-state index is 0.0159. The molecule has 1 saturated heterocycles. The first kappa shape index (κ1) is 14.0. The summed E-state index contributed by atoms with van der Waals surface area (Å²) in [7, 11) is 0. The normalized spacial score (nSPS) is 23.2. The van der Waals surface area contributed by atoms with Crippen molar-refractivity contribution in [2.24, 2.45) is 0 Å². The second-order valence-corrected chi connectivity index (χ2v) is 5.73. The number of rotatable bonds is 4. The molecule has 1 aliphatic heterocycles. The topological polar surface area (TPSA) is 65.5 Å². The van der Waals surface area contributed by atoms with Crippen molar-refractivity contribution >= 4 is 5.97 Å². The summed E-state index contributed by atoms with van der Waals surface area (Å²) >= 11 is 0. The van der Waals surface area contributed by atoms with E-state index in [9.17, 15) is 4.79 Å². The van der Waals surface area contributed by atoms with Crippen molar-refractivity contribution in [3.8, 4) is 0 Å². The third kappa shape index (κ3) is 3.75. The van der Waals surface area contributed by atoms with E-state index in [0.717, 1.165) is 25.2 Å². The highest BCUT2D eigenvalue weighted by Gasteiger charge is 2.34. The Labute approximate surface area is 113 Å². The first-order valence-electron chi connectivity index (χ1n) is 6.56. The Bertz CT molecular complexity index is 434. The van der Waals surface area contributed by atoms with Crippen LogP contribution in [0.2, 0.25) is 0 Å². The number of carboxylic acid groups (broad SMARTS) is 1. The zero-order chi connectivity index (χ0) is 13.9. The summed E-state index contributed by atoms with van der Waals surface area (Å²) < 4.78 is 0. The third-order valence-corrected chi connectivity index (χ3v) is 3.64. The molecule has 0 bridgehead atoms. The molecule has 0 aromatic carbocycles. The van der Waals surface area contributed by atoms with Gasteiger partial charge in [0, 0.05) is 43.6 Å². The minimum atomic E-state index is -0.751. The smallest absolute Gasteiger partial charge is 0.304 e. The Morgan fingerprint density at radius 3 is 3.05 bits per heavy atom. The van der Waals surface area contributed by atoms with Gasteiger partial charge in [0.1, 0.15) is 0 Å². The molecular weight excluding hydrogens is 242 g/mol. The average molecular weight is 263 g/mol. The van der Waals surface area contributed by atoms with Crippen LogP contribution >= 0.6 is 0 Å². The van der Waals surface area contributed by atoms with Crippen molar-refractivity contribution in [1.29, 1.82) is 0 Å². The van der Waals surface area contributed by atoms with Gasteiger partial charge in [-0.25, -0.2) is 0 Å². The zero-order valence-corrected chi connectivity index (χ0v) is 11.5. The maximum Gasteiger partial charge on any atom is 0.304 e. The van der Waals surface area contributed by atoms with Gasteiger partial charge in [-0.1, -0.05) is 6.07 Å². The lowest BCUT2D eigenvalue weighted by Gasteiger charge is -2.46. The number of aromatic nitrogens is 1. The monoisotopic (exact) mass is 263 g/mol. The van der Waals surface area contributed by atoms with Crippen molar-refractivity contribution in [2.45, 2.75) is 38.4 Å². The summed E-state index contributed by atoms with van der Waals surface area (Å²) in [5, 5.41) is 12.2. The van der Waals surface area contributed by atoms with Gasteiger partial charge in [-0.3, -0.25) is 14.7 Å². The molecule has 0 spiro atoms. The largest absolute Gasteiger partial charge is 0.481 e. The van der Waals surface area contributed by atoms with Gasteiger partial charge < -0.3 is 10.4 Å². The van der Waals surface area contributed by atoms with Crippen LogP contribution in [0.15, 0.2) is 24.5 Å². The fourth-order valence-corrected chi connectivity index (χ4v) is 2.42. The van der Waals surface area contributed by atoms with Crippen LogP contribution in [0.4, 0.5) is 0 Å². The van der Waals surface area contributed by atoms with Crippen molar-refractivity contribution in [2.75, 3.05) is 13.1 Å². The summed E-state index contributed by atoms with van der Waals surface area (Å²) in [5.74, 6) is -0.751. The quantitative estimate of drug-likeness (QED) is 0.852. The standard InChI is InChI=1S/C14H21N3O2/c1-14(2)10-16-12(6-13(18)19)9-17(14)8-11-4-3-5-15-7-11/h3-5,7,12,16H,6,8-10H2,1-2H3,(H,18,19). The van der Waals surface area contributed by atoms with E-state index in [1.54, 1.807) is 6.20 Å². The number of aliphatic carboxylic acids is 1. The molecule has 1 unspecified atom stereocenters. The molecule has 0 aliphatic carbocycles. The van der Waals surface area contributed by atoms with Gasteiger partial charge in [0.25, 0.3) is 0 Å². The maximum absolute atomic E-state index is 10.8.